The third-order valence-corrected chi connectivity index (χ3v) is 7.61. The maximum atomic E-state index is 14.0. The Kier molecular flexibility index (Phi) is 6.19. The largest absolute Gasteiger partial charge is 0.349 e. The fourth-order valence-electron chi connectivity index (χ4n) is 4.31. The Bertz CT molecular complexity index is 1050. The van der Waals surface area contributed by atoms with Gasteiger partial charge < -0.3 is 10.2 Å². The first-order chi connectivity index (χ1) is 14.8. The van der Waals surface area contributed by atoms with E-state index in [1.165, 1.54) is 29.1 Å². The van der Waals surface area contributed by atoms with Crippen LogP contribution < -0.4 is 10.2 Å². The Hall–Kier alpha value is -2.60. The van der Waals surface area contributed by atoms with Gasteiger partial charge in [-0.25, -0.2) is 4.39 Å². The highest BCUT2D eigenvalue weighted by molar-refractivity contribution is 8.04. The molecule has 0 spiro atoms. The molecule has 1 fully saturated rings. The molecule has 2 aromatic carbocycles. The summed E-state index contributed by atoms with van der Waals surface area (Å²) in [5, 5.41) is 3.19. The molecule has 0 radical (unpaired) electrons. The molecule has 4 nitrogen and oxygen atoms in total. The van der Waals surface area contributed by atoms with Crippen LogP contribution in [0.2, 0.25) is 0 Å². The first-order valence-corrected chi connectivity index (χ1v) is 11.5. The van der Waals surface area contributed by atoms with Crippen molar-refractivity contribution >= 4 is 35.3 Å². The second-order valence-corrected chi connectivity index (χ2v) is 9.61. The van der Waals surface area contributed by atoms with Gasteiger partial charge in [0.2, 0.25) is 0 Å². The van der Waals surface area contributed by atoms with Gasteiger partial charge in [0.15, 0.2) is 0 Å². The Morgan fingerprint density at radius 2 is 1.97 bits per heavy atom. The Morgan fingerprint density at radius 3 is 2.74 bits per heavy atom. The smallest absolute Gasteiger partial charge is 0.264 e. The number of nitrogens with one attached hydrogen (secondary N) is 1. The zero-order valence-electron chi connectivity index (χ0n) is 18.0. The third kappa shape index (κ3) is 4.40. The summed E-state index contributed by atoms with van der Waals surface area (Å²) in [4.78, 5) is 28.6. The van der Waals surface area contributed by atoms with Crippen LogP contribution >= 0.6 is 11.8 Å². The molecule has 2 amide bonds. The lowest BCUT2D eigenvalue weighted by molar-refractivity contribution is -0.114. The molecule has 1 aliphatic carbocycles. The normalized spacial score (nSPS) is 24.8. The second-order valence-electron chi connectivity index (χ2n) is 8.53. The molecule has 4 rings (SSSR count). The summed E-state index contributed by atoms with van der Waals surface area (Å²) in [6, 6.07) is 12.0. The van der Waals surface area contributed by atoms with E-state index in [1.807, 2.05) is 6.07 Å². The topological polar surface area (TPSA) is 49.4 Å². The molecule has 1 aliphatic heterocycles. The van der Waals surface area contributed by atoms with E-state index in [0.717, 1.165) is 17.7 Å². The third-order valence-electron chi connectivity index (χ3n) is 6.53. The maximum Gasteiger partial charge on any atom is 0.264 e. The summed E-state index contributed by atoms with van der Waals surface area (Å²) in [6.45, 7) is 4.44. The van der Waals surface area contributed by atoms with Crippen LogP contribution in [0.15, 0.2) is 52.3 Å². The van der Waals surface area contributed by atoms with E-state index in [1.54, 1.807) is 43.5 Å². The van der Waals surface area contributed by atoms with Gasteiger partial charge in [0.1, 0.15) is 5.82 Å². The lowest BCUT2D eigenvalue weighted by Gasteiger charge is -2.34. The first-order valence-electron chi connectivity index (χ1n) is 10.7. The fourth-order valence-corrected chi connectivity index (χ4v) is 5.39. The molecule has 6 heteroatoms. The number of amides is 2. The van der Waals surface area contributed by atoms with Crippen LogP contribution in [-0.4, -0.2) is 24.9 Å². The number of thioether (sulfide) groups is 1. The summed E-state index contributed by atoms with van der Waals surface area (Å²) in [6.07, 6.45) is 4.92. The molecular formula is C25H27FN2O2S. The van der Waals surface area contributed by atoms with Crippen molar-refractivity contribution in [1.82, 2.24) is 5.32 Å². The molecule has 0 saturated heterocycles. The van der Waals surface area contributed by atoms with Gasteiger partial charge in [-0.1, -0.05) is 56.7 Å². The van der Waals surface area contributed by atoms with Crippen LogP contribution in [0, 0.1) is 17.7 Å². The Labute approximate surface area is 186 Å². The molecule has 31 heavy (non-hydrogen) atoms. The van der Waals surface area contributed by atoms with Crippen molar-refractivity contribution < 1.29 is 14.0 Å². The van der Waals surface area contributed by atoms with E-state index in [-0.39, 0.29) is 23.7 Å². The molecule has 2 aromatic rings. The van der Waals surface area contributed by atoms with Crippen LogP contribution in [0.1, 0.15) is 49.0 Å². The molecule has 3 atom stereocenters. The van der Waals surface area contributed by atoms with Gasteiger partial charge >= 0.3 is 0 Å². The first kappa shape index (κ1) is 21.6. The molecule has 3 unspecified atom stereocenters. The van der Waals surface area contributed by atoms with Gasteiger partial charge in [-0.2, -0.15) is 0 Å². The van der Waals surface area contributed by atoms with E-state index in [9.17, 15) is 14.0 Å². The minimum atomic E-state index is -0.366. The van der Waals surface area contributed by atoms with Gasteiger partial charge in [0.25, 0.3) is 11.8 Å². The molecule has 0 bridgehead atoms. The zero-order chi connectivity index (χ0) is 22.1. The molecule has 1 heterocycles. The highest BCUT2D eigenvalue weighted by Crippen LogP contribution is 2.42. The number of hydrogen-bond donors (Lipinski definition) is 1. The summed E-state index contributed by atoms with van der Waals surface area (Å²) < 4.78 is 14.0. The predicted molar refractivity (Wildman–Crippen MR) is 124 cm³/mol. The van der Waals surface area contributed by atoms with Crippen LogP contribution in [0.4, 0.5) is 10.1 Å². The summed E-state index contributed by atoms with van der Waals surface area (Å²) in [7, 11) is 1.68. The number of hydrogen-bond acceptors (Lipinski definition) is 3. The SMILES string of the molecule is CC1CCCC(NC(=O)c2ccc3c(c2)N(C)C(=O)C(=Cc2ccccc2F)S3)C1C. The van der Waals surface area contributed by atoms with Crippen molar-refractivity contribution in [2.24, 2.45) is 11.8 Å². The number of nitrogens with zero attached hydrogens (tertiary/aromatic N) is 1. The van der Waals surface area contributed by atoms with Gasteiger partial charge in [-0.05, 0) is 48.6 Å². The minimum Gasteiger partial charge on any atom is -0.349 e. The van der Waals surface area contributed by atoms with Crippen LogP contribution in [-0.2, 0) is 4.79 Å². The average Bonchev–Trinajstić information content (AvgIpc) is 2.76. The van der Waals surface area contributed by atoms with Crippen molar-refractivity contribution in [3.63, 3.8) is 0 Å². The highest BCUT2D eigenvalue weighted by Gasteiger charge is 2.30. The summed E-state index contributed by atoms with van der Waals surface area (Å²) >= 11 is 1.30. The molecule has 0 aromatic heterocycles. The fraction of sp³-hybridized carbons (Fsp3) is 0.360. The quantitative estimate of drug-likeness (QED) is 0.645. The van der Waals surface area contributed by atoms with E-state index < -0.39 is 0 Å². The van der Waals surface area contributed by atoms with E-state index in [4.69, 9.17) is 0 Å². The second kappa shape index (κ2) is 8.87. The molecule has 1 N–H and O–H groups in total. The molecule has 162 valence electrons. The number of fused-ring (bicyclic) bond motifs is 1. The van der Waals surface area contributed by atoms with E-state index in [0.29, 0.717) is 33.6 Å². The van der Waals surface area contributed by atoms with Gasteiger partial charge in [-0.15, -0.1) is 0 Å². The number of benzene rings is 2. The predicted octanol–water partition coefficient (Wildman–Crippen LogP) is 5.49. The molecular weight excluding hydrogens is 411 g/mol. The number of carbonyl (C=O) groups is 2. The number of rotatable bonds is 3. The lowest BCUT2D eigenvalue weighted by atomic mass is 9.78. The van der Waals surface area contributed by atoms with Crippen LogP contribution in [0.3, 0.4) is 0 Å². The van der Waals surface area contributed by atoms with Crippen molar-refractivity contribution in [3.05, 3.63) is 64.3 Å². The van der Waals surface area contributed by atoms with Crippen molar-refractivity contribution in [2.45, 2.75) is 44.0 Å². The molecule has 1 saturated carbocycles. The van der Waals surface area contributed by atoms with Gasteiger partial charge in [-0.3, -0.25) is 9.59 Å². The Balaban J connectivity index is 1.56. The lowest BCUT2D eigenvalue weighted by Crippen LogP contribution is -2.43. The monoisotopic (exact) mass is 438 g/mol. The van der Waals surface area contributed by atoms with Crippen molar-refractivity contribution in [2.75, 3.05) is 11.9 Å². The summed E-state index contributed by atoms with van der Waals surface area (Å²) in [5.74, 6) is 0.360. The zero-order valence-corrected chi connectivity index (χ0v) is 18.8. The van der Waals surface area contributed by atoms with Crippen molar-refractivity contribution in [3.8, 4) is 0 Å². The molecule has 2 aliphatic rings. The van der Waals surface area contributed by atoms with E-state index >= 15 is 0 Å². The summed E-state index contributed by atoms with van der Waals surface area (Å²) in [5.41, 5.74) is 1.62. The number of halogens is 1. The van der Waals surface area contributed by atoms with Crippen molar-refractivity contribution in [1.29, 1.82) is 0 Å². The average molecular weight is 439 g/mol. The highest BCUT2D eigenvalue weighted by atomic mass is 32.2. The number of carbonyl (C=O) groups excluding carboxylic acids is 2. The van der Waals surface area contributed by atoms with Gasteiger partial charge in [0, 0.05) is 29.1 Å². The number of anilines is 1. The maximum absolute atomic E-state index is 14.0. The van der Waals surface area contributed by atoms with Crippen LogP contribution in [0.25, 0.3) is 6.08 Å². The minimum absolute atomic E-state index is 0.104. The van der Waals surface area contributed by atoms with Gasteiger partial charge in [0.05, 0.1) is 10.6 Å². The Morgan fingerprint density at radius 1 is 1.19 bits per heavy atom. The van der Waals surface area contributed by atoms with E-state index in [2.05, 4.69) is 19.2 Å². The standard InChI is InChI=1S/C25H27FN2O2S/c1-15-7-6-10-20(16(15)2)27-24(29)18-11-12-22-21(13-18)28(3)25(30)23(31-22)14-17-8-4-5-9-19(17)26/h4-5,8-9,11-16,20H,6-7,10H2,1-3H3,(H,27,29). The van der Waals surface area contributed by atoms with Crippen LogP contribution in [0.5, 0.6) is 0 Å². The number of likely N-dealkylation sites (N-methyl/N-ethyl adjacent to an activating group) is 1.